The first kappa shape index (κ1) is 18.7. The molecule has 2 saturated heterocycles. The number of allylic oxidation sites excluding steroid dienone is 2. The van der Waals surface area contributed by atoms with Crippen molar-refractivity contribution in [1.29, 1.82) is 0 Å². The van der Waals surface area contributed by atoms with Crippen LogP contribution in [0.1, 0.15) is 13.8 Å². The van der Waals surface area contributed by atoms with Crippen LogP contribution in [0.4, 0.5) is 13.2 Å². The van der Waals surface area contributed by atoms with Gasteiger partial charge < -0.3 is 4.90 Å². The van der Waals surface area contributed by atoms with Crippen LogP contribution in [0.3, 0.4) is 0 Å². The van der Waals surface area contributed by atoms with Gasteiger partial charge in [-0.2, -0.15) is 17.5 Å². The molecule has 3 atom stereocenters. The Morgan fingerprint density at radius 1 is 1.26 bits per heavy atom. The van der Waals surface area contributed by atoms with Gasteiger partial charge in [0.05, 0.1) is 23.7 Å². The highest BCUT2D eigenvalue weighted by atomic mass is 32.2. The van der Waals surface area contributed by atoms with Gasteiger partial charge in [-0.25, -0.2) is 13.0 Å². The maximum atomic E-state index is 13.7. The fourth-order valence-electron chi connectivity index (χ4n) is 4.94. The van der Waals surface area contributed by atoms with E-state index < -0.39 is 33.4 Å². The Morgan fingerprint density at radius 2 is 1.96 bits per heavy atom. The zero-order chi connectivity index (χ0) is 19.8. The topological polar surface area (TPSA) is 56.0 Å². The highest BCUT2D eigenvalue weighted by molar-refractivity contribution is 7.88. The summed E-state index contributed by atoms with van der Waals surface area (Å²) >= 11 is 0. The number of halogens is 3. The number of nitrogens with zero attached hydrogens (tertiary/aromatic N) is 4. The fourth-order valence-corrected chi connectivity index (χ4v) is 6.39. The van der Waals surface area contributed by atoms with Crippen molar-refractivity contribution >= 4 is 22.6 Å². The molecule has 6 nitrogen and oxygen atoms in total. The largest absolute Gasteiger partial charge is 0.418 e. The van der Waals surface area contributed by atoms with E-state index in [-0.39, 0.29) is 17.5 Å². The first-order chi connectivity index (χ1) is 12.4. The van der Waals surface area contributed by atoms with Gasteiger partial charge in [0.1, 0.15) is 0 Å². The van der Waals surface area contributed by atoms with E-state index in [1.165, 1.54) is 29.3 Å². The van der Waals surface area contributed by atoms with E-state index in [0.717, 1.165) is 6.08 Å². The number of alkyl halides is 3. The molecular weight excluding hydrogens is 381 g/mol. The van der Waals surface area contributed by atoms with Crippen molar-refractivity contribution < 1.29 is 26.2 Å². The molecule has 4 rings (SSSR count). The van der Waals surface area contributed by atoms with Gasteiger partial charge in [-0.3, -0.25) is 0 Å². The maximum Gasteiger partial charge on any atom is 0.418 e. The molecule has 27 heavy (non-hydrogen) atoms. The molecule has 0 spiro atoms. The Balaban J connectivity index is 1.70. The number of hydrogen-bond acceptors (Lipinski definition) is 4. The lowest BCUT2D eigenvalue weighted by Crippen LogP contribution is -2.48. The minimum absolute atomic E-state index is 0.00149. The van der Waals surface area contributed by atoms with Crippen molar-refractivity contribution in [3.05, 3.63) is 23.5 Å². The summed E-state index contributed by atoms with van der Waals surface area (Å²) < 4.78 is 68.4. The number of fused-ring (bicyclic) bond motifs is 2. The lowest BCUT2D eigenvalue weighted by Gasteiger charge is -2.36. The average Bonchev–Trinajstić information content (AvgIpc) is 3.20. The van der Waals surface area contributed by atoms with E-state index in [1.54, 1.807) is 9.48 Å². The molecule has 1 unspecified atom stereocenters. The van der Waals surface area contributed by atoms with Gasteiger partial charge in [-0.15, -0.1) is 0 Å². The molecule has 10 heteroatoms. The number of aliphatic imine (C=N–C) groups is 1. The Bertz CT molecular complexity index is 902. The van der Waals surface area contributed by atoms with Gasteiger partial charge in [0.15, 0.2) is 12.3 Å². The zero-order valence-electron chi connectivity index (χ0n) is 15.3. The van der Waals surface area contributed by atoms with Crippen molar-refractivity contribution in [3.8, 4) is 0 Å². The third-order valence-corrected chi connectivity index (χ3v) is 7.58. The van der Waals surface area contributed by atoms with Crippen molar-refractivity contribution in [3.63, 3.8) is 0 Å². The zero-order valence-corrected chi connectivity index (χ0v) is 16.1. The van der Waals surface area contributed by atoms with Crippen molar-refractivity contribution in [2.24, 2.45) is 16.8 Å². The first-order valence-corrected chi connectivity index (χ1v) is 10.6. The first-order valence-electron chi connectivity index (χ1n) is 8.77. The van der Waals surface area contributed by atoms with Crippen molar-refractivity contribution in [1.82, 2.24) is 9.21 Å². The molecule has 4 heterocycles. The van der Waals surface area contributed by atoms with Gasteiger partial charge in [0, 0.05) is 31.1 Å². The molecule has 4 aliphatic rings. The van der Waals surface area contributed by atoms with Crippen molar-refractivity contribution in [2.75, 3.05) is 25.9 Å². The molecule has 0 aliphatic carbocycles. The van der Waals surface area contributed by atoms with Crippen LogP contribution in [0.5, 0.6) is 0 Å². The summed E-state index contributed by atoms with van der Waals surface area (Å²) in [6.07, 6.45) is 2.26. The minimum Gasteiger partial charge on any atom is -0.370 e. The number of likely N-dealkylation sites (tertiary alicyclic amines) is 1. The second kappa shape index (κ2) is 5.66. The smallest absolute Gasteiger partial charge is 0.370 e. The molecule has 4 aliphatic heterocycles. The molecule has 0 bridgehead atoms. The quantitative estimate of drug-likeness (QED) is 0.656. The molecule has 0 aromatic heterocycles. The Morgan fingerprint density at radius 3 is 2.56 bits per heavy atom. The van der Waals surface area contributed by atoms with E-state index in [9.17, 15) is 21.6 Å². The molecule has 0 saturated carbocycles. The standard InChI is InChI=1S/C17H22F3N4O2S/c1-16(2)13-9-23(7-11(13)8-24(16)27(3,25)26)15-12(17(18,19)20)4-5-22-10-21-6-14(15)22/h4-6,10-11,13-14H,7-9H2,1-3H3/q+1/t11-,13-,14?/m0/s1. The van der Waals surface area contributed by atoms with Gasteiger partial charge in [-0.1, -0.05) is 4.99 Å². The molecule has 0 amide bonds. The lowest BCUT2D eigenvalue weighted by molar-refractivity contribution is -0.466. The third-order valence-electron chi connectivity index (χ3n) is 6.16. The monoisotopic (exact) mass is 403 g/mol. The lowest BCUT2D eigenvalue weighted by atomic mass is 9.85. The summed E-state index contributed by atoms with van der Waals surface area (Å²) in [6.45, 7) is 4.86. The van der Waals surface area contributed by atoms with E-state index in [0.29, 0.717) is 19.6 Å². The van der Waals surface area contributed by atoms with E-state index >= 15 is 0 Å². The average molecular weight is 403 g/mol. The predicted octanol–water partition coefficient (Wildman–Crippen LogP) is 1.43. The van der Waals surface area contributed by atoms with Crippen LogP contribution >= 0.6 is 0 Å². The van der Waals surface area contributed by atoms with Gasteiger partial charge in [-0.05, 0) is 25.8 Å². The number of sulfonamides is 1. The van der Waals surface area contributed by atoms with E-state index in [2.05, 4.69) is 4.99 Å². The third kappa shape index (κ3) is 2.84. The van der Waals surface area contributed by atoms with Crippen LogP contribution in [0, 0.1) is 11.8 Å². The molecule has 0 aromatic carbocycles. The Labute approximate surface area is 156 Å². The maximum absolute atomic E-state index is 13.7. The van der Waals surface area contributed by atoms with Gasteiger partial charge in [0.2, 0.25) is 10.0 Å². The van der Waals surface area contributed by atoms with Crippen LogP contribution in [0.25, 0.3) is 0 Å². The summed E-state index contributed by atoms with van der Waals surface area (Å²) in [5, 5.41) is 0. The van der Waals surface area contributed by atoms with E-state index in [4.69, 9.17) is 0 Å². The Kier molecular flexibility index (Phi) is 3.92. The highest BCUT2D eigenvalue weighted by Gasteiger charge is 2.56. The molecular formula is C17H22F3N4O2S+. The second-order valence-electron chi connectivity index (χ2n) is 8.14. The molecule has 0 aromatic rings. The van der Waals surface area contributed by atoms with Gasteiger partial charge >= 0.3 is 6.18 Å². The predicted molar refractivity (Wildman–Crippen MR) is 95.0 cm³/mol. The summed E-state index contributed by atoms with van der Waals surface area (Å²) in [5.41, 5.74) is -1.08. The van der Waals surface area contributed by atoms with Gasteiger partial charge in [0.25, 0.3) is 6.34 Å². The van der Waals surface area contributed by atoms with Crippen LogP contribution in [-0.4, -0.2) is 78.4 Å². The molecule has 0 N–H and O–H groups in total. The van der Waals surface area contributed by atoms with Crippen LogP contribution in [0.15, 0.2) is 28.5 Å². The van der Waals surface area contributed by atoms with Crippen LogP contribution < -0.4 is 0 Å². The SMILES string of the molecule is CC1(C)[C@H]2CN(C3=C(C(F)(F)F)C=C[N+]4=CN=CC34)C[C@H]2CN1S(C)(=O)=O. The number of rotatable bonds is 2. The van der Waals surface area contributed by atoms with Crippen molar-refractivity contribution in [2.45, 2.75) is 31.6 Å². The van der Waals surface area contributed by atoms with Crippen LogP contribution in [-0.2, 0) is 10.0 Å². The summed E-state index contributed by atoms with van der Waals surface area (Å²) in [7, 11) is -3.37. The minimum atomic E-state index is -4.46. The fraction of sp³-hybridized carbons (Fsp3) is 0.647. The normalized spacial score (nSPS) is 32.9. The van der Waals surface area contributed by atoms with Crippen LogP contribution in [0.2, 0.25) is 0 Å². The Hall–Kier alpha value is -1.68. The summed E-state index contributed by atoms with van der Waals surface area (Å²) in [6, 6.07) is -0.570. The molecule has 0 radical (unpaired) electrons. The number of hydrogen-bond donors (Lipinski definition) is 0. The summed E-state index contributed by atoms with van der Waals surface area (Å²) in [4.78, 5) is 5.80. The second-order valence-corrected chi connectivity index (χ2v) is 10.0. The molecule has 148 valence electrons. The molecule has 2 fully saturated rings. The van der Waals surface area contributed by atoms with E-state index in [1.807, 2.05) is 13.8 Å². The highest BCUT2D eigenvalue weighted by Crippen LogP contribution is 2.47. The summed E-state index contributed by atoms with van der Waals surface area (Å²) in [5.74, 6) is -0.0331.